The smallest absolute Gasteiger partial charge is 0.251 e. The third-order valence-electron chi connectivity index (χ3n) is 5.10. The van der Waals surface area contributed by atoms with Crippen molar-refractivity contribution < 1.29 is 14.0 Å². The molecule has 1 N–H and O–H groups in total. The van der Waals surface area contributed by atoms with E-state index in [1.165, 1.54) is 17.7 Å². The molecule has 0 aliphatic carbocycles. The monoisotopic (exact) mass is 388 g/mol. The molecule has 0 fully saturated rings. The van der Waals surface area contributed by atoms with Crippen molar-refractivity contribution in [2.45, 2.75) is 26.4 Å². The highest BCUT2D eigenvalue weighted by Gasteiger charge is 2.28. The Bertz CT molecular complexity index is 1060. The Kier molecular flexibility index (Phi) is 5.12. The number of hydrogen-bond donors (Lipinski definition) is 1. The Balaban J connectivity index is 1.46. The molecule has 0 saturated carbocycles. The maximum absolute atomic E-state index is 13.1. The number of amides is 2. The Hall–Kier alpha value is -3.47. The lowest BCUT2D eigenvalue weighted by molar-refractivity contribution is -0.117. The van der Waals surface area contributed by atoms with Crippen LogP contribution in [0.2, 0.25) is 0 Å². The van der Waals surface area contributed by atoms with E-state index in [0.29, 0.717) is 18.7 Å². The zero-order chi connectivity index (χ0) is 20.4. The fraction of sp³-hybridized carbons (Fsp3) is 0.167. The Morgan fingerprint density at radius 1 is 1.00 bits per heavy atom. The molecule has 0 spiro atoms. The Morgan fingerprint density at radius 3 is 2.41 bits per heavy atom. The number of fused-ring (bicyclic) bond motifs is 1. The van der Waals surface area contributed by atoms with Crippen LogP contribution in [0.15, 0.2) is 66.7 Å². The van der Waals surface area contributed by atoms with E-state index in [9.17, 15) is 14.0 Å². The average Bonchev–Trinajstić information content (AvgIpc) is 3.03. The van der Waals surface area contributed by atoms with Crippen LogP contribution in [0.4, 0.5) is 10.1 Å². The minimum absolute atomic E-state index is 0.0264. The zero-order valence-electron chi connectivity index (χ0n) is 16.1. The molecule has 1 aliphatic rings. The zero-order valence-corrected chi connectivity index (χ0v) is 16.1. The van der Waals surface area contributed by atoms with Gasteiger partial charge < -0.3 is 10.2 Å². The lowest BCUT2D eigenvalue weighted by Gasteiger charge is -2.18. The largest absolute Gasteiger partial charge is 0.348 e. The molecule has 3 aromatic carbocycles. The predicted octanol–water partition coefficient (Wildman–Crippen LogP) is 4.15. The van der Waals surface area contributed by atoms with Crippen LogP contribution in [0.25, 0.3) is 0 Å². The second-order valence-electron chi connectivity index (χ2n) is 7.29. The molecule has 4 rings (SSSR count). The van der Waals surface area contributed by atoms with Crippen molar-refractivity contribution >= 4 is 17.5 Å². The number of anilines is 1. The first-order chi connectivity index (χ1) is 14.0. The topological polar surface area (TPSA) is 49.4 Å². The van der Waals surface area contributed by atoms with E-state index in [1.54, 1.807) is 29.2 Å². The molecular weight excluding hydrogens is 367 g/mol. The van der Waals surface area contributed by atoms with Crippen LogP contribution in [0.1, 0.15) is 32.6 Å². The van der Waals surface area contributed by atoms with Crippen LogP contribution in [0, 0.1) is 12.7 Å². The summed E-state index contributed by atoms with van der Waals surface area (Å²) in [6.07, 6.45) is 0.260. The Labute approximate surface area is 169 Å². The molecule has 0 bridgehead atoms. The molecule has 0 atom stereocenters. The van der Waals surface area contributed by atoms with Gasteiger partial charge in [0, 0.05) is 17.8 Å². The molecule has 0 radical (unpaired) electrons. The molecule has 2 amide bonds. The molecule has 3 aromatic rings. The summed E-state index contributed by atoms with van der Waals surface area (Å²) < 4.78 is 13.1. The predicted molar refractivity (Wildman–Crippen MR) is 110 cm³/mol. The van der Waals surface area contributed by atoms with Gasteiger partial charge in [0.1, 0.15) is 5.82 Å². The van der Waals surface area contributed by atoms with Crippen molar-refractivity contribution in [2.24, 2.45) is 0 Å². The highest BCUT2D eigenvalue weighted by Crippen LogP contribution is 2.31. The highest BCUT2D eigenvalue weighted by atomic mass is 19.1. The van der Waals surface area contributed by atoms with Gasteiger partial charge in [-0.05, 0) is 53.9 Å². The molecule has 4 nitrogen and oxygen atoms in total. The summed E-state index contributed by atoms with van der Waals surface area (Å²) >= 11 is 0. The van der Waals surface area contributed by atoms with Crippen LogP contribution in [-0.4, -0.2) is 11.8 Å². The summed E-state index contributed by atoms with van der Waals surface area (Å²) in [5, 5.41) is 2.92. The van der Waals surface area contributed by atoms with E-state index in [2.05, 4.69) is 5.32 Å². The fourth-order valence-electron chi connectivity index (χ4n) is 3.46. The molecule has 0 aromatic heterocycles. The van der Waals surface area contributed by atoms with Gasteiger partial charge in [-0.15, -0.1) is 0 Å². The molecule has 29 heavy (non-hydrogen) atoms. The number of nitrogens with one attached hydrogen (secondary N) is 1. The highest BCUT2D eigenvalue weighted by molar-refractivity contribution is 6.03. The first kappa shape index (κ1) is 18.9. The molecule has 1 aliphatic heterocycles. The third kappa shape index (κ3) is 4.19. The summed E-state index contributed by atoms with van der Waals surface area (Å²) in [5.74, 6) is -0.498. The van der Waals surface area contributed by atoms with Crippen molar-refractivity contribution in [2.75, 3.05) is 4.90 Å². The van der Waals surface area contributed by atoms with Crippen molar-refractivity contribution in [3.05, 3.63) is 100 Å². The number of nitrogens with zero attached hydrogens (tertiary/aromatic N) is 1. The van der Waals surface area contributed by atoms with E-state index in [4.69, 9.17) is 0 Å². The van der Waals surface area contributed by atoms with E-state index in [0.717, 1.165) is 22.4 Å². The van der Waals surface area contributed by atoms with Gasteiger partial charge in [-0.1, -0.05) is 42.0 Å². The number of carbonyl (C=O) groups is 2. The van der Waals surface area contributed by atoms with Gasteiger partial charge in [-0.25, -0.2) is 4.39 Å². The van der Waals surface area contributed by atoms with Gasteiger partial charge in [0.15, 0.2) is 0 Å². The van der Waals surface area contributed by atoms with Gasteiger partial charge in [0.05, 0.1) is 13.0 Å². The maximum Gasteiger partial charge on any atom is 0.251 e. The summed E-state index contributed by atoms with van der Waals surface area (Å²) in [6, 6.07) is 19.5. The van der Waals surface area contributed by atoms with Crippen molar-refractivity contribution in [1.29, 1.82) is 0 Å². The van der Waals surface area contributed by atoms with Gasteiger partial charge in [0.2, 0.25) is 5.91 Å². The minimum Gasteiger partial charge on any atom is -0.348 e. The van der Waals surface area contributed by atoms with Crippen LogP contribution in [0.3, 0.4) is 0 Å². The number of benzene rings is 3. The van der Waals surface area contributed by atoms with E-state index >= 15 is 0 Å². The van der Waals surface area contributed by atoms with Crippen molar-refractivity contribution in [1.82, 2.24) is 5.32 Å². The quantitative estimate of drug-likeness (QED) is 0.714. The number of halogens is 1. The molecular formula is C24H21FN2O2. The van der Waals surface area contributed by atoms with Crippen LogP contribution in [0.5, 0.6) is 0 Å². The van der Waals surface area contributed by atoms with E-state index in [-0.39, 0.29) is 24.1 Å². The Morgan fingerprint density at radius 2 is 1.69 bits per heavy atom. The number of carbonyl (C=O) groups excluding carboxylic acids is 2. The van der Waals surface area contributed by atoms with Crippen LogP contribution >= 0.6 is 0 Å². The standard InChI is InChI=1S/C24H21FN2O2/c1-16-2-4-17(5-3-16)14-26-24(29)19-8-11-22-20(12-19)13-23(28)27(22)15-18-6-9-21(25)10-7-18/h2-12H,13-15H2,1H3,(H,26,29). The molecule has 5 heteroatoms. The first-order valence-corrected chi connectivity index (χ1v) is 9.51. The summed E-state index contributed by atoms with van der Waals surface area (Å²) in [5.41, 5.74) is 5.23. The lowest BCUT2D eigenvalue weighted by atomic mass is 10.1. The average molecular weight is 388 g/mol. The number of aryl methyl sites for hydroxylation is 1. The minimum atomic E-state index is -0.303. The second kappa shape index (κ2) is 7.87. The van der Waals surface area contributed by atoms with Gasteiger partial charge in [-0.2, -0.15) is 0 Å². The molecule has 146 valence electrons. The van der Waals surface area contributed by atoms with Crippen LogP contribution < -0.4 is 10.2 Å². The molecule has 0 unspecified atom stereocenters. The van der Waals surface area contributed by atoms with Gasteiger partial charge >= 0.3 is 0 Å². The molecule has 1 heterocycles. The summed E-state index contributed by atoms with van der Waals surface area (Å²) in [6.45, 7) is 2.85. The SMILES string of the molecule is Cc1ccc(CNC(=O)c2ccc3c(c2)CC(=O)N3Cc2ccc(F)cc2)cc1. The van der Waals surface area contributed by atoms with E-state index in [1.807, 2.05) is 37.3 Å². The lowest BCUT2D eigenvalue weighted by Crippen LogP contribution is -2.26. The maximum atomic E-state index is 13.1. The van der Waals surface area contributed by atoms with Gasteiger partial charge in [0.25, 0.3) is 5.91 Å². The fourth-order valence-corrected chi connectivity index (χ4v) is 3.46. The number of rotatable bonds is 5. The number of hydrogen-bond acceptors (Lipinski definition) is 2. The van der Waals surface area contributed by atoms with Gasteiger partial charge in [-0.3, -0.25) is 9.59 Å². The third-order valence-corrected chi connectivity index (χ3v) is 5.10. The normalized spacial score (nSPS) is 12.8. The van der Waals surface area contributed by atoms with E-state index < -0.39 is 0 Å². The van der Waals surface area contributed by atoms with Crippen molar-refractivity contribution in [3.8, 4) is 0 Å². The molecule has 0 saturated heterocycles. The van der Waals surface area contributed by atoms with Crippen molar-refractivity contribution in [3.63, 3.8) is 0 Å². The summed E-state index contributed by atoms with van der Waals surface area (Å²) in [7, 11) is 0. The van der Waals surface area contributed by atoms with Crippen LogP contribution in [-0.2, 0) is 24.3 Å². The first-order valence-electron chi connectivity index (χ1n) is 9.51. The summed E-state index contributed by atoms with van der Waals surface area (Å²) in [4.78, 5) is 26.7. The second-order valence-corrected chi connectivity index (χ2v) is 7.29.